The number of hydrogen-bond donors (Lipinski definition) is 1. The largest absolute Gasteiger partial charge is 0.322 e. The van der Waals surface area contributed by atoms with Crippen molar-refractivity contribution >= 4 is 21.7 Å². The Hall–Kier alpha value is -2.18. The number of hydrogen-bond acceptors (Lipinski definition) is 4. The summed E-state index contributed by atoms with van der Waals surface area (Å²) in [6, 6.07) is 13.3. The molecule has 128 valence electrons. The minimum atomic E-state index is -3.73. The van der Waals surface area contributed by atoms with Crippen LogP contribution >= 0.6 is 0 Å². The average molecular weight is 347 g/mol. The molecule has 0 aliphatic heterocycles. The molecule has 1 amide bonds. The van der Waals surface area contributed by atoms with Gasteiger partial charge in [0, 0.05) is 11.3 Å². The minimum Gasteiger partial charge on any atom is -0.322 e. The highest BCUT2D eigenvalue weighted by molar-refractivity contribution is 7.86. The van der Waals surface area contributed by atoms with Crippen LogP contribution in [-0.4, -0.2) is 20.9 Å². The first kappa shape index (κ1) is 18.2. The molecule has 0 unspecified atom stereocenters. The van der Waals surface area contributed by atoms with E-state index in [0.29, 0.717) is 11.3 Å². The molecule has 2 rings (SSSR count). The van der Waals surface area contributed by atoms with E-state index in [1.165, 1.54) is 29.8 Å². The second-order valence-electron chi connectivity index (χ2n) is 5.29. The zero-order chi connectivity index (χ0) is 17.6. The van der Waals surface area contributed by atoms with Gasteiger partial charge >= 0.3 is 0 Å². The van der Waals surface area contributed by atoms with Crippen molar-refractivity contribution in [2.75, 3.05) is 11.9 Å². The lowest BCUT2D eigenvalue weighted by molar-refractivity contribution is 0.102. The van der Waals surface area contributed by atoms with Crippen molar-refractivity contribution in [1.29, 1.82) is 0 Å². The van der Waals surface area contributed by atoms with Gasteiger partial charge in [-0.1, -0.05) is 25.5 Å². The summed E-state index contributed by atoms with van der Waals surface area (Å²) < 4.78 is 28.2. The molecule has 0 atom stereocenters. The Balaban J connectivity index is 2.06. The van der Waals surface area contributed by atoms with Gasteiger partial charge in [0.2, 0.25) is 0 Å². The third-order valence-electron chi connectivity index (χ3n) is 3.43. The van der Waals surface area contributed by atoms with Crippen LogP contribution in [0, 0.1) is 0 Å². The van der Waals surface area contributed by atoms with Crippen LogP contribution in [0.15, 0.2) is 53.4 Å². The average Bonchev–Trinajstić information content (AvgIpc) is 2.56. The molecule has 0 aliphatic carbocycles. The Bertz CT molecular complexity index is 781. The molecule has 0 bridgehead atoms. The number of anilines is 1. The Morgan fingerprint density at radius 2 is 1.62 bits per heavy atom. The molecule has 0 fully saturated rings. The zero-order valence-corrected chi connectivity index (χ0v) is 14.6. The molecule has 0 heterocycles. The van der Waals surface area contributed by atoms with Gasteiger partial charge in [0.25, 0.3) is 16.0 Å². The Labute approximate surface area is 142 Å². The standard InChI is InChI=1S/C18H21NO4S/c1-3-5-14-6-8-15(9-7-14)18(20)19-16-10-12-17(13-11-16)24(21,22)23-4-2/h6-13H,3-5H2,1-2H3,(H,19,20). The van der Waals surface area contributed by atoms with Gasteiger partial charge in [0.15, 0.2) is 0 Å². The summed E-state index contributed by atoms with van der Waals surface area (Å²) in [7, 11) is -3.73. The van der Waals surface area contributed by atoms with Gasteiger partial charge in [-0.2, -0.15) is 8.42 Å². The summed E-state index contributed by atoms with van der Waals surface area (Å²) in [6.45, 7) is 3.79. The summed E-state index contributed by atoms with van der Waals surface area (Å²) in [4.78, 5) is 12.3. The van der Waals surface area contributed by atoms with Crippen molar-refractivity contribution in [2.45, 2.75) is 31.6 Å². The second-order valence-corrected chi connectivity index (χ2v) is 6.90. The van der Waals surface area contributed by atoms with E-state index in [0.717, 1.165) is 12.8 Å². The highest BCUT2D eigenvalue weighted by atomic mass is 32.2. The normalized spacial score (nSPS) is 11.2. The number of amides is 1. The first-order valence-corrected chi connectivity index (χ1v) is 9.27. The topological polar surface area (TPSA) is 72.5 Å². The smallest absolute Gasteiger partial charge is 0.296 e. The van der Waals surface area contributed by atoms with Crippen molar-refractivity contribution < 1.29 is 17.4 Å². The van der Waals surface area contributed by atoms with Crippen LogP contribution in [0.3, 0.4) is 0 Å². The molecule has 0 spiro atoms. The fraction of sp³-hybridized carbons (Fsp3) is 0.278. The van der Waals surface area contributed by atoms with Crippen molar-refractivity contribution in [3.8, 4) is 0 Å². The van der Waals surface area contributed by atoms with Gasteiger partial charge < -0.3 is 5.32 Å². The molecule has 0 saturated heterocycles. The molecule has 5 nitrogen and oxygen atoms in total. The van der Waals surface area contributed by atoms with Crippen LogP contribution in [0.4, 0.5) is 5.69 Å². The Morgan fingerprint density at radius 3 is 2.17 bits per heavy atom. The van der Waals surface area contributed by atoms with Crippen LogP contribution < -0.4 is 5.32 Å². The van der Waals surface area contributed by atoms with Gasteiger partial charge in [0.1, 0.15) is 0 Å². The van der Waals surface area contributed by atoms with E-state index in [1.807, 2.05) is 12.1 Å². The predicted octanol–water partition coefficient (Wildman–Crippen LogP) is 3.62. The number of carbonyl (C=O) groups is 1. The minimum absolute atomic E-state index is 0.0614. The molecule has 6 heteroatoms. The van der Waals surface area contributed by atoms with Crippen molar-refractivity contribution in [1.82, 2.24) is 0 Å². The van der Waals surface area contributed by atoms with E-state index < -0.39 is 10.1 Å². The maximum Gasteiger partial charge on any atom is 0.296 e. The van der Waals surface area contributed by atoms with Gasteiger partial charge in [-0.15, -0.1) is 0 Å². The first-order chi connectivity index (χ1) is 11.5. The number of aryl methyl sites for hydroxylation is 1. The van der Waals surface area contributed by atoms with Crippen LogP contribution in [0.5, 0.6) is 0 Å². The summed E-state index contributed by atoms with van der Waals surface area (Å²) in [6.07, 6.45) is 2.04. The SMILES string of the molecule is CCCc1ccc(C(=O)Nc2ccc(S(=O)(=O)OCC)cc2)cc1. The number of benzene rings is 2. The number of rotatable bonds is 7. The lowest BCUT2D eigenvalue weighted by Crippen LogP contribution is -2.12. The highest BCUT2D eigenvalue weighted by Gasteiger charge is 2.14. The van der Waals surface area contributed by atoms with Crippen LogP contribution in [0.2, 0.25) is 0 Å². The monoisotopic (exact) mass is 347 g/mol. The molecule has 0 saturated carbocycles. The fourth-order valence-electron chi connectivity index (χ4n) is 2.24. The van der Waals surface area contributed by atoms with Crippen LogP contribution in [0.1, 0.15) is 36.2 Å². The number of nitrogens with one attached hydrogen (secondary N) is 1. The fourth-order valence-corrected chi connectivity index (χ4v) is 3.16. The van der Waals surface area contributed by atoms with Crippen molar-refractivity contribution in [2.24, 2.45) is 0 Å². The van der Waals surface area contributed by atoms with E-state index in [1.54, 1.807) is 19.1 Å². The highest BCUT2D eigenvalue weighted by Crippen LogP contribution is 2.17. The van der Waals surface area contributed by atoms with Crippen molar-refractivity contribution in [3.63, 3.8) is 0 Å². The van der Waals surface area contributed by atoms with Gasteiger partial charge in [-0.3, -0.25) is 8.98 Å². The molecule has 0 radical (unpaired) electrons. The molecule has 2 aromatic carbocycles. The molecule has 2 aromatic rings. The summed E-state index contributed by atoms with van der Waals surface area (Å²) >= 11 is 0. The third-order valence-corrected chi connectivity index (χ3v) is 4.82. The van der Waals surface area contributed by atoms with Crippen LogP contribution in [-0.2, 0) is 20.7 Å². The maximum atomic E-state index is 12.2. The molecule has 1 N–H and O–H groups in total. The van der Waals surface area contributed by atoms with Gasteiger partial charge in [-0.05, 0) is 55.3 Å². The van der Waals surface area contributed by atoms with E-state index in [9.17, 15) is 13.2 Å². The zero-order valence-electron chi connectivity index (χ0n) is 13.8. The predicted molar refractivity (Wildman–Crippen MR) is 93.6 cm³/mol. The Kier molecular flexibility index (Phi) is 6.11. The quantitative estimate of drug-likeness (QED) is 0.777. The third kappa shape index (κ3) is 4.66. The van der Waals surface area contributed by atoms with E-state index in [2.05, 4.69) is 12.2 Å². The summed E-state index contributed by atoms with van der Waals surface area (Å²) in [5, 5.41) is 2.75. The summed E-state index contributed by atoms with van der Waals surface area (Å²) in [5.41, 5.74) is 2.27. The molecule has 0 aromatic heterocycles. The molecule has 0 aliphatic rings. The van der Waals surface area contributed by atoms with Crippen LogP contribution in [0.25, 0.3) is 0 Å². The van der Waals surface area contributed by atoms with E-state index >= 15 is 0 Å². The molecular formula is C18H21NO4S. The molecule has 24 heavy (non-hydrogen) atoms. The van der Waals surface area contributed by atoms with E-state index in [-0.39, 0.29) is 17.4 Å². The van der Waals surface area contributed by atoms with Gasteiger partial charge in [-0.25, -0.2) is 0 Å². The second kappa shape index (κ2) is 8.08. The summed E-state index contributed by atoms with van der Waals surface area (Å²) in [5.74, 6) is -0.238. The first-order valence-electron chi connectivity index (χ1n) is 7.86. The van der Waals surface area contributed by atoms with E-state index in [4.69, 9.17) is 4.18 Å². The van der Waals surface area contributed by atoms with Crippen molar-refractivity contribution in [3.05, 3.63) is 59.7 Å². The van der Waals surface area contributed by atoms with Gasteiger partial charge in [0.05, 0.1) is 11.5 Å². The Morgan fingerprint density at radius 1 is 1.00 bits per heavy atom. The lowest BCUT2D eigenvalue weighted by atomic mass is 10.1. The molecular weight excluding hydrogens is 326 g/mol. The maximum absolute atomic E-state index is 12.2. The number of carbonyl (C=O) groups excluding carboxylic acids is 1. The lowest BCUT2D eigenvalue weighted by Gasteiger charge is -2.08.